The minimum Gasteiger partial charge on any atom is -0.464 e. The molecule has 4 heteroatoms. The van der Waals surface area contributed by atoms with E-state index in [0.717, 1.165) is 28.8 Å². The highest BCUT2D eigenvalue weighted by Gasteiger charge is 2.11. The van der Waals surface area contributed by atoms with Crippen molar-refractivity contribution < 1.29 is 4.42 Å². The molecule has 21 heavy (non-hydrogen) atoms. The van der Waals surface area contributed by atoms with Crippen LogP contribution in [-0.4, -0.2) is 13.6 Å². The van der Waals surface area contributed by atoms with Crippen molar-refractivity contribution in [1.29, 1.82) is 0 Å². The number of nitrogens with one attached hydrogen (secondary N) is 1. The summed E-state index contributed by atoms with van der Waals surface area (Å²) < 4.78 is 5.61. The third-order valence-corrected chi connectivity index (χ3v) is 3.89. The predicted molar refractivity (Wildman–Crippen MR) is 89.1 cm³/mol. The maximum atomic E-state index is 6.44. The molecule has 2 rings (SSSR count). The lowest BCUT2D eigenvalue weighted by atomic mass is 10.1. The van der Waals surface area contributed by atoms with Gasteiger partial charge in [-0.25, -0.2) is 0 Å². The molecular weight excluding hydrogens is 284 g/mol. The Morgan fingerprint density at radius 2 is 2.05 bits per heavy atom. The Balaban J connectivity index is 2.12. The van der Waals surface area contributed by atoms with E-state index in [-0.39, 0.29) is 0 Å². The molecule has 0 spiro atoms. The standard InChI is InChI=1S/C17H23ClN2O/c1-5-19-13(3)14-7-9-17(16(18)10-14)20(4)11-15-8-6-12(2)21-15/h6-10,13,19H,5,11H2,1-4H3. The summed E-state index contributed by atoms with van der Waals surface area (Å²) in [5.74, 6) is 1.87. The van der Waals surface area contributed by atoms with Gasteiger partial charge in [0.1, 0.15) is 11.5 Å². The lowest BCUT2D eigenvalue weighted by Crippen LogP contribution is -2.19. The number of halogens is 1. The van der Waals surface area contributed by atoms with E-state index in [1.807, 2.05) is 32.2 Å². The lowest BCUT2D eigenvalue weighted by Gasteiger charge is -2.21. The molecule has 114 valence electrons. The molecule has 0 aliphatic rings. The summed E-state index contributed by atoms with van der Waals surface area (Å²) >= 11 is 6.44. The third kappa shape index (κ3) is 4.02. The predicted octanol–water partition coefficient (Wildman–Crippen LogP) is 4.55. The molecule has 3 nitrogen and oxygen atoms in total. The fourth-order valence-electron chi connectivity index (χ4n) is 2.42. The first-order chi connectivity index (χ1) is 10.0. The van der Waals surface area contributed by atoms with Crippen molar-refractivity contribution in [2.45, 2.75) is 33.4 Å². The zero-order valence-corrected chi connectivity index (χ0v) is 13.9. The van der Waals surface area contributed by atoms with Crippen molar-refractivity contribution in [3.63, 3.8) is 0 Å². The minimum absolute atomic E-state index is 0.305. The lowest BCUT2D eigenvalue weighted by molar-refractivity contribution is 0.482. The first kappa shape index (κ1) is 15.9. The van der Waals surface area contributed by atoms with Crippen LogP contribution in [-0.2, 0) is 6.54 Å². The van der Waals surface area contributed by atoms with Crippen molar-refractivity contribution in [2.75, 3.05) is 18.5 Å². The van der Waals surface area contributed by atoms with Crippen LogP contribution < -0.4 is 10.2 Å². The Labute approximate surface area is 131 Å². The molecule has 0 amide bonds. The summed E-state index contributed by atoms with van der Waals surface area (Å²) in [4.78, 5) is 2.10. The van der Waals surface area contributed by atoms with Crippen molar-refractivity contribution in [3.05, 3.63) is 52.4 Å². The SMILES string of the molecule is CCNC(C)c1ccc(N(C)Cc2ccc(C)o2)c(Cl)c1. The molecule has 0 radical (unpaired) electrons. The molecular formula is C17H23ClN2O. The van der Waals surface area contributed by atoms with Crippen LogP contribution in [0.4, 0.5) is 5.69 Å². The van der Waals surface area contributed by atoms with Gasteiger partial charge in [-0.2, -0.15) is 0 Å². The van der Waals surface area contributed by atoms with Crippen molar-refractivity contribution in [2.24, 2.45) is 0 Å². The number of aryl methyl sites for hydroxylation is 1. The highest BCUT2D eigenvalue weighted by atomic mass is 35.5. The first-order valence-corrected chi connectivity index (χ1v) is 7.68. The van der Waals surface area contributed by atoms with Gasteiger partial charge in [0.25, 0.3) is 0 Å². The number of hydrogen-bond donors (Lipinski definition) is 1. The van der Waals surface area contributed by atoms with Crippen LogP contribution in [0.15, 0.2) is 34.7 Å². The Morgan fingerprint density at radius 3 is 2.62 bits per heavy atom. The van der Waals surface area contributed by atoms with E-state index < -0.39 is 0 Å². The molecule has 1 N–H and O–H groups in total. The van der Waals surface area contributed by atoms with Gasteiger partial charge < -0.3 is 14.6 Å². The van der Waals surface area contributed by atoms with Crippen LogP contribution in [0.1, 0.15) is 37.0 Å². The first-order valence-electron chi connectivity index (χ1n) is 7.30. The van der Waals surface area contributed by atoms with Gasteiger partial charge in [0, 0.05) is 13.1 Å². The van der Waals surface area contributed by atoms with E-state index in [1.54, 1.807) is 0 Å². The van der Waals surface area contributed by atoms with Gasteiger partial charge in [0.05, 0.1) is 17.3 Å². The summed E-state index contributed by atoms with van der Waals surface area (Å²) in [7, 11) is 2.02. The Kier molecular flexibility index (Phi) is 5.32. The second-order valence-corrected chi connectivity index (χ2v) is 5.77. The number of hydrogen-bond acceptors (Lipinski definition) is 3. The third-order valence-electron chi connectivity index (χ3n) is 3.58. The van der Waals surface area contributed by atoms with Gasteiger partial charge in [-0.1, -0.05) is 24.6 Å². The smallest absolute Gasteiger partial charge is 0.123 e. The van der Waals surface area contributed by atoms with Gasteiger partial charge >= 0.3 is 0 Å². The summed E-state index contributed by atoms with van der Waals surface area (Å²) in [6.07, 6.45) is 0. The fourth-order valence-corrected chi connectivity index (χ4v) is 2.75. The van der Waals surface area contributed by atoms with Gasteiger partial charge in [-0.3, -0.25) is 0 Å². The van der Waals surface area contributed by atoms with Gasteiger partial charge in [-0.15, -0.1) is 0 Å². The monoisotopic (exact) mass is 306 g/mol. The second kappa shape index (κ2) is 7.01. The molecule has 1 aromatic carbocycles. The van der Waals surface area contributed by atoms with E-state index in [9.17, 15) is 0 Å². The number of benzene rings is 1. The Morgan fingerprint density at radius 1 is 1.29 bits per heavy atom. The maximum Gasteiger partial charge on any atom is 0.123 e. The van der Waals surface area contributed by atoms with Gasteiger partial charge in [-0.05, 0) is 50.2 Å². The molecule has 1 heterocycles. The molecule has 0 aliphatic carbocycles. The number of rotatable bonds is 6. The van der Waals surface area contributed by atoms with E-state index in [2.05, 4.69) is 36.2 Å². The number of furan rings is 1. The molecule has 0 aliphatic heterocycles. The fraction of sp³-hybridized carbons (Fsp3) is 0.412. The highest BCUT2D eigenvalue weighted by Crippen LogP contribution is 2.29. The number of anilines is 1. The van der Waals surface area contributed by atoms with Crippen molar-refractivity contribution in [1.82, 2.24) is 5.32 Å². The van der Waals surface area contributed by atoms with Crippen molar-refractivity contribution in [3.8, 4) is 0 Å². The van der Waals surface area contributed by atoms with Crippen LogP contribution >= 0.6 is 11.6 Å². The van der Waals surface area contributed by atoms with Crippen LogP contribution in [0, 0.1) is 6.92 Å². The molecule has 0 fully saturated rings. The molecule has 2 aromatic rings. The zero-order chi connectivity index (χ0) is 15.4. The summed E-state index contributed by atoms with van der Waals surface area (Å²) in [5.41, 5.74) is 2.21. The van der Waals surface area contributed by atoms with E-state index in [4.69, 9.17) is 16.0 Å². The Hall–Kier alpha value is -1.45. The van der Waals surface area contributed by atoms with Crippen LogP contribution in [0.25, 0.3) is 0 Å². The average Bonchev–Trinajstić information content (AvgIpc) is 2.84. The summed E-state index contributed by atoms with van der Waals surface area (Å²) in [6, 6.07) is 10.5. The largest absolute Gasteiger partial charge is 0.464 e. The van der Waals surface area contributed by atoms with E-state index >= 15 is 0 Å². The maximum absolute atomic E-state index is 6.44. The van der Waals surface area contributed by atoms with Gasteiger partial charge in [0.2, 0.25) is 0 Å². The molecule has 1 atom stereocenters. The quantitative estimate of drug-likeness (QED) is 0.849. The normalized spacial score (nSPS) is 12.4. The highest BCUT2D eigenvalue weighted by molar-refractivity contribution is 6.33. The van der Waals surface area contributed by atoms with Gasteiger partial charge in [0.15, 0.2) is 0 Å². The van der Waals surface area contributed by atoms with E-state index in [0.29, 0.717) is 12.6 Å². The second-order valence-electron chi connectivity index (χ2n) is 5.36. The molecule has 0 saturated heterocycles. The molecule has 1 unspecified atom stereocenters. The summed E-state index contributed by atoms with van der Waals surface area (Å²) in [5, 5.41) is 4.16. The van der Waals surface area contributed by atoms with Crippen LogP contribution in [0.5, 0.6) is 0 Å². The average molecular weight is 307 g/mol. The van der Waals surface area contributed by atoms with Crippen LogP contribution in [0.3, 0.4) is 0 Å². The summed E-state index contributed by atoms with van der Waals surface area (Å²) in [6.45, 7) is 7.84. The molecule has 0 bridgehead atoms. The minimum atomic E-state index is 0.305. The van der Waals surface area contributed by atoms with E-state index in [1.165, 1.54) is 5.56 Å². The van der Waals surface area contributed by atoms with Crippen LogP contribution in [0.2, 0.25) is 5.02 Å². The molecule has 1 aromatic heterocycles. The number of nitrogens with zero attached hydrogens (tertiary/aromatic N) is 1. The zero-order valence-electron chi connectivity index (χ0n) is 13.1. The van der Waals surface area contributed by atoms with Crippen molar-refractivity contribution >= 4 is 17.3 Å². The Bertz CT molecular complexity index is 594. The molecule has 0 saturated carbocycles. The topological polar surface area (TPSA) is 28.4 Å².